The van der Waals surface area contributed by atoms with E-state index in [0.717, 1.165) is 45.3 Å². The Kier molecular flexibility index (Phi) is 5.01. The van der Waals surface area contributed by atoms with Crippen molar-refractivity contribution in [1.82, 2.24) is 10.2 Å². The molecule has 2 fully saturated rings. The lowest BCUT2D eigenvalue weighted by Gasteiger charge is -2.26. The Bertz CT molecular complexity index is 282. The molecule has 0 aromatic heterocycles. The van der Waals surface area contributed by atoms with Crippen molar-refractivity contribution in [2.24, 2.45) is 17.6 Å². The van der Waals surface area contributed by atoms with E-state index in [4.69, 9.17) is 5.73 Å². The minimum atomic E-state index is 0.164. The number of nitrogens with zero attached hydrogens (tertiary/aromatic N) is 1. The zero-order valence-corrected chi connectivity index (χ0v) is 11.5. The number of hydrogen-bond donors (Lipinski definition) is 2. The monoisotopic (exact) mass is 253 g/mol. The second-order valence-electron chi connectivity index (χ2n) is 5.92. The molecule has 0 spiro atoms. The highest BCUT2D eigenvalue weighted by atomic mass is 16.1. The molecule has 104 valence electrons. The summed E-state index contributed by atoms with van der Waals surface area (Å²) >= 11 is 0. The molecule has 1 aliphatic carbocycles. The quantitative estimate of drug-likeness (QED) is 0.784. The van der Waals surface area contributed by atoms with Crippen LogP contribution in [0, 0.1) is 11.8 Å². The maximum Gasteiger partial charge on any atom is 0.223 e. The van der Waals surface area contributed by atoms with E-state index in [1.54, 1.807) is 0 Å². The molecule has 3 unspecified atom stereocenters. The molecule has 2 rings (SSSR count). The molecule has 1 heterocycles. The fourth-order valence-corrected chi connectivity index (χ4v) is 3.22. The molecule has 2 aliphatic rings. The van der Waals surface area contributed by atoms with Crippen LogP contribution in [-0.2, 0) is 4.79 Å². The van der Waals surface area contributed by atoms with Crippen molar-refractivity contribution >= 4 is 5.91 Å². The summed E-state index contributed by atoms with van der Waals surface area (Å²) in [6.07, 6.45) is 5.30. The number of rotatable bonds is 4. The SMILES string of the molecule is CCN1CCC(CNC(=O)C2CCCC(N)C2)C1. The minimum absolute atomic E-state index is 0.164. The first kappa shape index (κ1) is 13.8. The van der Waals surface area contributed by atoms with Gasteiger partial charge in [0.05, 0.1) is 0 Å². The zero-order valence-electron chi connectivity index (χ0n) is 11.5. The molecule has 4 nitrogen and oxygen atoms in total. The predicted molar refractivity (Wildman–Crippen MR) is 73.2 cm³/mol. The molecule has 0 bridgehead atoms. The van der Waals surface area contributed by atoms with Crippen molar-refractivity contribution in [1.29, 1.82) is 0 Å². The van der Waals surface area contributed by atoms with Crippen LogP contribution in [0.3, 0.4) is 0 Å². The van der Waals surface area contributed by atoms with Crippen molar-refractivity contribution in [3.05, 3.63) is 0 Å². The lowest BCUT2D eigenvalue weighted by molar-refractivity contribution is -0.126. The first-order chi connectivity index (χ1) is 8.69. The molecule has 0 aromatic carbocycles. The number of carbonyl (C=O) groups excluding carboxylic acids is 1. The molecule has 3 N–H and O–H groups in total. The standard InChI is InChI=1S/C14H27N3O/c1-2-17-7-6-11(10-17)9-16-14(18)12-4-3-5-13(15)8-12/h11-13H,2-10,15H2,1H3,(H,16,18). The normalized spacial score (nSPS) is 33.6. The summed E-state index contributed by atoms with van der Waals surface area (Å²) < 4.78 is 0. The third kappa shape index (κ3) is 3.69. The first-order valence-electron chi connectivity index (χ1n) is 7.44. The van der Waals surface area contributed by atoms with Crippen molar-refractivity contribution in [3.63, 3.8) is 0 Å². The summed E-state index contributed by atoms with van der Waals surface area (Å²) in [5.74, 6) is 1.05. The molecule has 1 amide bonds. The van der Waals surface area contributed by atoms with Crippen LogP contribution in [0.5, 0.6) is 0 Å². The summed E-state index contributed by atoms with van der Waals surface area (Å²) in [5, 5.41) is 3.14. The minimum Gasteiger partial charge on any atom is -0.356 e. The Morgan fingerprint density at radius 3 is 2.89 bits per heavy atom. The van der Waals surface area contributed by atoms with Crippen molar-refractivity contribution in [3.8, 4) is 0 Å². The van der Waals surface area contributed by atoms with E-state index in [0.29, 0.717) is 5.92 Å². The highest BCUT2D eigenvalue weighted by Gasteiger charge is 2.27. The lowest BCUT2D eigenvalue weighted by Crippen LogP contribution is -2.39. The highest BCUT2D eigenvalue weighted by Crippen LogP contribution is 2.23. The van der Waals surface area contributed by atoms with Crippen molar-refractivity contribution in [2.45, 2.75) is 45.1 Å². The van der Waals surface area contributed by atoms with Gasteiger partial charge in [0.2, 0.25) is 5.91 Å². The Hall–Kier alpha value is -0.610. The molecule has 0 radical (unpaired) electrons. The molecule has 18 heavy (non-hydrogen) atoms. The van der Waals surface area contributed by atoms with E-state index in [2.05, 4.69) is 17.1 Å². The van der Waals surface area contributed by atoms with E-state index < -0.39 is 0 Å². The molecule has 3 atom stereocenters. The van der Waals surface area contributed by atoms with Gasteiger partial charge in [-0.25, -0.2) is 0 Å². The number of hydrogen-bond acceptors (Lipinski definition) is 3. The molecular weight excluding hydrogens is 226 g/mol. The third-order valence-electron chi connectivity index (χ3n) is 4.47. The molecule has 4 heteroatoms. The van der Waals surface area contributed by atoms with E-state index >= 15 is 0 Å². The Balaban J connectivity index is 1.68. The van der Waals surface area contributed by atoms with Crippen LogP contribution in [0.1, 0.15) is 39.0 Å². The summed E-state index contributed by atoms with van der Waals surface area (Å²) in [6.45, 7) is 6.50. The van der Waals surface area contributed by atoms with Crippen LogP contribution in [0.15, 0.2) is 0 Å². The molecule has 1 aliphatic heterocycles. The van der Waals surface area contributed by atoms with E-state index in [-0.39, 0.29) is 17.9 Å². The Morgan fingerprint density at radius 2 is 2.22 bits per heavy atom. The van der Waals surface area contributed by atoms with Crippen LogP contribution in [0.4, 0.5) is 0 Å². The van der Waals surface area contributed by atoms with Gasteiger partial charge in [0.1, 0.15) is 0 Å². The Labute approximate surface area is 110 Å². The van der Waals surface area contributed by atoms with Crippen LogP contribution in [0.2, 0.25) is 0 Å². The fourth-order valence-electron chi connectivity index (χ4n) is 3.22. The molecule has 1 saturated carbocycles. The van der Waals surface area contributed by atoms with Gasteiger partial charge in [-0.15, -0.1) is 0 Å². The smallest absolute Gasteiger partial charge is 0.223 e. The maximum atomic E-state index is 12.1. The predicted octanol–water partition coefficient (Wildman–Crippen LogP) is 0.962. The summed E-state index contributed by atoms with van der Waals surface area (Å²) in [7, 11) is 0. The second-order valence-corrected chi connectivity index (χ2v) is 5.92. The van der Waals surface area contributed by atoms with Gasteiger partial charge in [0.15, 0.2) is 0 Å². The van der Waals surface area contributed by atoms with E-state index in [1.165, 1.54) is 13.0 Å². The second kappa shape index (κ2) is 6.53. The zero-order chi connectivity index (χ0) is 13.0. The number of carbonyl (C=O) groups is 1. The van der Waals surface area contributed by atoms with Gasteiger partial charge in [0.25, 0.3) is 0 Å². The number of nitrogens with one attached hydrogen (secondary N) is 1. The lowest BCUT2D eigenvalue weighted by atomic mass is 9.85. The van der Waals surface area contributed by atoms with E-state index in [1.807, 2.05) is 0 Å². The average molecular weight is 253 g/mol. The van der Waals surface area contributed by atoms with Gasteiger partial charge in [-0.05, 0) is 44.7 Å². The van der Waals surface area contributed by atoms with Gasteiger partial charge in [0, 0.05) is 25.0 Å². The Morgan fingerprint density at radius 1 is 1.39 bits per heavy atom. The summed E-state index contributed by atoms with van der Waals surface area (Å²) in [4.78, 5) is 14.5. The third-order valence-corrected chi connectivity index (χ3v) is 4.47. The van der Waals surface area contributed by atoms with Gasteiger partial charge in [-0.2, -0.15) is 0 Å². The molecule has 1 saturated heterocycles. The topological polar surface area (TPSA) is 58.4 Å². The van der Waals surface area contributed by atoms with Crippen LogP contribution >= 0.6 is 0 Å². The molecule has 0 aromatic rings. The maximum absolute atomic E-state index is 12.1. The van der Waals surface area contributed by atoms with Gasteiger partial charge in [-0.1, -0.05) is 13.3 Å². The van der Waals surface area contributed by atoms with Crippen LogP contribution < -0.4 is 11.1 Å². The largest absolute Gasteiger partial charge is 0.356 e. The summed E-state index contributed by atoms with van der Waals surface area (Å²) in [6, 6.07) is 0.233. The average Bonchev–Trinajstić information content (AvgIpc) is 2.84. The van der Waals surface area contributed by atoms with Crippen LogP contribution in [0.25, 0.3) is 0 Å². The first-order valence-corrected chi connectivity index (χ1v) is 7.44. The van der Waals surface area contributed by atoms with Gasteiger partial charge < -0.3 is 16.0 Å². The van der Waals surface area contributed by atoms with Crippen molar-refractivity contribution in [2.75, 3.05) is 26.2 Å². The van der Waals surface area contributed by atoms with Gasteiger partial charge in [-0.3, -0.25) is 4.79 Å². The van der Waals surface area contributed by atoms with Crippen LogP contribution in [-0.4, -0.2) is 43.0 Å². The number of likely N-dealkylation sites (tertiary alicyclic amines) is 1. The van der Waals surface area contributed by atoms with Crippen molar-refractivity contribution < 1.29 is 4.79 Å². The summed E-state index contributed by atoms with van der Waals surface area (Å²) in [5.41, 5.74) is 5.93. The van der Waals surface area contributed by atoms with E-state index in [9.17, 15) is 4.79 Å². The number of amides is 1. The molecular formula is C14H27N3O. The highest BCUT2D eigenvalue weighted by molar-refractivity contribution is 5.78. The van der Waals surface area contributed by atoms with Gasteiger partial charge >= 0.3 is 0 Å². The number of nitrogens with two attached hydrogens (primary N) is 1. The fraction of sp³-hybridized carbons (Fsp3) is 0.929.